The summed E-state index contributed by atoms with van der Waals surface area (Å²) in [4.78, 5) is 11.5. The van der Waals surface area contributed by atoms with Crippen LogP contribution in [0.5, 0.6) is 0 Å². The molecule has 3 nitrogen and oxygen atoms in total. The number of hydrogen-bond acceptors (Lipinski definition) is 3. The lowest BCUT2D eigenvalue weighted by Crippen LogP contribution is -2.16. The fourth-order valence-electron chi connectivity index (χ4n) is 2.11. The molecule has 0 aromatic rings. The van der Waals surface area contributed by atoms with Crippen LogP contribution in [0.2, 0.25) is 0 Å². The first-order chi connectivity index (χ1) is 10.2. The summed E-state index contributed by atoms with van der Waals surface area (Å²) in [5.41, 5.74) is 0.949. The lowest BCUT2D eigenvalue weighted by Gasteiger charge is -2.22. The lowest BCUT2D eigenvalue weighted by molar-refractivity contribution is -0.141. The van der Waals surface area contributed by atoms with Crippen LogP contribution in [-0.4, -0.2) is 23.8 Å². The molecule has 0 rings (SSSR count). The molecule has 128 valence electrons. The minimum absolute atomic E-state index is 0.0334. The summed E-state index contributed by atoms with van der Waals surface area (Å²) >= 11 is 0. The normalized spacial score (nSPS) is 14.6. The number of carbonyl (C=O) groups is 1. The molecule has 0 fully saturated rings. The maximum atomic E-state index is 11.5. The molecule has 1 atom stereocenters. The summed E-state index contributed by atoms with van der Waals surface area (Å²) in [6, 6.07) is 0. The first-order valence-electron chi connectivity index (χ1n) is 8.32. The summed E-state index contributed by atoms with van der Waals surface area (Å²) in [7, 11) is 0. The van der Waals surface area contributed by atoms with Gasteiger partial charge in [-0.05, 0) is 50.5 Å². The standard InChI is InChI=1S/C19H34O3/c1-15(2)22-18(21)13-17(4)10-7-9-16(3)11-8-12-19(5,6)14-20/h7,10,13,15-16,20H,8-9,11-12,14H2,1-6H3/b10-7+,17-13+. The van der Waals surface area contributed by atoms with Crippen molar-refractivity contribution in [2.45, 2.75) is 73.3 Å². The number of rotatable bonds is 10. The van der Waals surface area contributed by atoms with E-state index in [0.717, 1.165) is 31.3 Å². The average molecular weight is 310 g/mol. The van der Waals surface area contributed by atoms with E-state index in [9.17, 15) is 9.90 Å². The van der Waals surface area contributed by atoms with E-state index in [1.807, 2.05) is 26.8 Å². The van der Waals surface area contributed by atoms with Gasteiger partial charge in [-0.3, -0.25) is 0 Å². The quantitative estimate of drug-likeness (QED) is 0.363. The Morgan fingerprint density at radius 2 is 1.91 bits per heavy atom. The van der Waals surface area contributed by atoms with Crippen LogP contribution in [0.25, 0.3) is 0 Å². The number of carbonyl (C=O) groups excluding carboxylic acids is 1. The molecular weight excluding hydrogens is 276 g/mol. The van der Waals surface area contributed by atoms with Gasteiger partial charge < -0.3 is 9.84 Å². The fraction of sp³-hybridized carbons (Fsp3) is 0.737. The average Bonchev–Trinajstić information content (AvgIpc) is 2.37. The van der Waals surface area contributed by atoms with E-state index in [0.29, 0.717) is 5.92 Å². The first-order valence-corrected chi connectivity index (χ1v) is 8.32. The highest BCUT2D eigenvalue weighted by Crippen LogP contribution is 2.24. The predicted octanol–water partition coefficient (Wildman–Crippen LogP) is 4.66. The highest BCUT2D eigenvalue weighted by atomic mass is 16.5. The maximum Gasteiger partial charge on any atom is 0.331 e. The van der Waals surface area contributed by atoms with Crippen LogP contribution in [0.15, 0.2) is 23.8 Å². The minimum Gasteiger partial charge on any atom is -0.460 e. The summed E-state index contributed by atoms with van der Waals surface area (Å²) in [5, 5.41) is 9.23. The molecule has 1 N–H and O–H groups in total. The Morgan fingerprint density at radius 1 is 1.27 bits per heavy atom. The topological polar surface area (TPSA) is 46.5 Å². The smallest absolute Gasteiger partial charge is 0.331 e. The van der Waals surface area contributed by atoms with Crippen molar-refractivity contribution in [2.24, 2.45) is 11.3 Å². The van der Waals surface area contributed by atoms with Crippen molar-refractivity contribution in [2.75, 3.05) is 6.61 Å². The van der Waals surface area contributed by atoms with Gasteiger partial charge in [0.15, 0.2) is 0 Å². The Hall–Kier alpha value is -1.09. The number of esters is 1. The molecule has 0 aromatic carbocycles. The Bertz CT molecular complexity index is 378. The van der Waals surface area contributed by atoms with Gasteiger partial charge in [-0.15, -0.1) is 0 Å². The third-order valence-electron chi connectivity index (χ3n) is 3.60. The number of allylic oxidation sites excluding steroid dienone is 3. The molecule has 0 aliphatic heterocycles. The van der Waals surface area contributed by atoms with Crippen molar-refractivity contribution < 1.29 is 14.6 Å². The maximum absolute atomic E-state index is 11.5. The largest absolute Gasteiger partial charge is 0.460 e. The Labute approximate surface area is 136 Å². The van der Waals surface area contributed by atoms with Gasteiger partial charge in [0.05, 0.1) is 6.10 Å². The summed E-state index contributed by atoms with van der Waals surface area (Å²) in [6.45, 7) is 12.3. The molecule has 22 heavy (non-hydrogen) atoms. The van der Waals surface area contributed by atoms with E-state index >= 15 is 0 Å². The van der Waals surface area contributed by atoms with Crippen LogP contribution < -0.4 is 0 Å². The first kappa shape index (κ1) is 20.9. The molecule has 0 spiro atoms. The van der Waals surface area contributed by atoms with Crippen LogP contribution in [0, 0.1) is 11.3 Å². The second-order valence-corrected chi connectivity index (χ2v) is 7.33. The van der Waals surface area contributed by atoms with E-state index in [4.69, 9.17) is 4.74 Å². The molecular formula is C19H34O3. The summed E-state index contributed by atoms with van der Waals surface area (Å²) < 4.78 is 5.07. The van der Waals surface area contributed by atoms with E-state index in [-0.39, 0.29) is 24.1 Å². The molecule has 0 saturated heterocycles. The Kier molecular flexibility index (Phi) is 10.1. The van der Waals surface area contributed by atoms with Crippen LogP contribution in [0.1, 0.15) is 67.2 Å². The SMILES string of the molecule is CC(/C=C/CC(C)CCCC(C)(C)CO)=C\C(=O)OC(C)C. The van der Waals surface area contributed by atoms with Gasteiger partial charge in [-0.1, -0.05) is 45.8 Å². The lowest BCUT2D eigenvalue weighted by atomic mass is 9.86. The zero-order valence-electron chi connectivity index (χ0n) is 15.2. The van der Waals surface area contributed by atoms with Gasteiger partial charge in [-0.25, -0.2) is 4.79 Å². The van der Waals surface area contributed by atoms with Gasteiger partial charge in [0, 0.05) is 12.7 Å². The minimum atomic E-state index is -0.281. The van der Waals surface area contributed by atoms with Crippen molar-refractivity contribution in [1.82, 2.24) is 0 Å². The predicted molar refractivity (Wildman–Crippen MR) is 92.6 cm³/mol. The van der Waals surface area contributed by atoms with Crippen molar-refractivity contribution in [3.05, 3.63) is 23.8 Å². The van der Waals surface area contributed by atoms with Gasteiger partial charge in [-0.2, -0.15) is 0 Å². The van der Waals surface area contributed by atoms with Crippen LogP contribution in [-0.2, 0) is 9.53 Å². The van der Waals surface area contributed by atoms with Crippen LogP contribution in [0.4, 0.5) is 0 Å². The Balaban J connectivity index is 4.05. The van der Waals surface area contributed by atoms with Crippen molar-refractivity contribution >= 4 is 5.97 Å². The molecule has 0 saturated carbocycles. The third-order valence-corrected chi connectivity index (χ3v) is 3.60. The molecule has 1 unspecified atom stereocenters. The number of aliphatic hydroxyl groups is 1. The van der Waals surface area contributed by atoms with E-state index in [2.05, 4.69) is 26.8 Å². The Morgan fingerprint density at radius 3 is 2.45 bits per heavy atom. The molecule has 0 aromatic heterocycles. The van der Waals surface area contributed by atoms with E-state index < -0.39 is 0 Å². The van der Waals surface area contributed by atoms with Gasteiger partial charge in [0.1, 0.15) is 0 Å². The highest BCUT2D eigenvalue weighted by Gasteiger charge is 2.15. The number of ether oxygens (including phenoxy) is 1. The molecule has 0 heterocycles. The molecule has 3 heteroatoms. The monoisotopic (exact) mass is 310 g/mol. The van der Waals surface area contributed by atoms with Crippen LogP contribution in [0.3, 0.4) is 0 Å². The van der Waals surface area contributed by atoms with Crippen molar-refractivity contribution in [3.63, 3.8) is 0 Å². The second kappa shape index (κ2) is 10.6. The van der Waals surface area contributed by atoms with Gasteiger partial charge in [0.2, 0.25) is 0 Å². The fourth-order valence-corrected chi connectivity index (χ4v) is 2.11. The third kappa shape index (κ3) is 11.6. The van der Waals surface area contributed by atoms with Gasteiger partial charge in [0.25, 0.3) is 0 Å². The number of hydrogen-bond donors (Lipinski definition) is 1. The molecule has 0 bridgehead atoms. The second-order valence-electron chi connectivity index (χ2n) is 7.33. The highest BCUT2D eigenvalue weighted by molar-refractivity contribution is 5.83. The van der Waals surface area contributed by atoms with Crippen molar-refractivity contribution in [3.8, 4) is 0 Å². The molecule has 0 radical (unpaired) electrons. The van der Waals surface area contributed by atoms with E-state index in [1.165, 1.54) is 6.08 Å². The summed E-state index contributed by atoms with van der Waals surface area (Å²) in [5.74, 6) is 0.331. The molecule has 0 amide bonds. The van der Waals surface area contributed by atoms with Gasteiger partial charge >= 0.3 is 5.97 Å². The molecule has 0 aliphatic rings. The summed E-state index contributed by atoms with van der Waals surface area (Å²) in [6.07, 6.45) is 9.91. The molecule has 0 aliphatic carbocycles. The zero-order valence-corrected chi connectivity index (χ0v) is 15.2. The zero-order chi connectivity index (χ0) is 17.2. The van der Waals surface area contributed by atoms with Crippen LogP contribution >= 0.6 is 0 Å². The van der Waals surface area contributed by atoms with Crippen molar-refractivity contribution in [1.29, 1.82) is 0 Å². The number of aliphatic hydroxyl groups excluding tert-OH is 1. The van der Waals surface area contributed by atoms with E-state index in [1.54, 1.807) is 0 Å².